The first-order valence-corrected chi connectivity index (χ1v) is 3.89. The molecule has 0 heterocycles. The van der Waals surface area contributed by atoms with E-state index in [1.807, 2.05) is 6.92 Å². The van der Waals surface area contributed by atoms with Crippen LogP contribution in [0.15, 0.2) is 0 Å². The SMILES string of the molecule is CCCC(N)(Cl)C(C)(C)O.N. The molecule has 1 unspecified atom stereocenters. The Morgan fingerprint density at radius 1 is 1.45 bits per heavy atom. The summed E-state index contributed by atoms with van der Waals surface area (Å²) in [5.41, 5.74) is 4.61. The smallest absolute Gasteiger partial charge is 0.119 e. The summed E-state index contributed by atoms with van der Waals surface area (Å²) in [6, 6.07) is 0. The van der Waals surface area contributed by atoms with E-state index in [0.717, 1.165) is 6.42 Å². The van der Waals surface area contributed by atoms with Crippen LogP contribution in [-0.2, 0) is 0 Å². The van der Waals surface area contributed by atoms with Gasteiger partial charge in [-0.15, -0.1) is 0 Å². The fourth-order valence-electron chi connectivity index (χ4n) is 0.670. The molecule has 0 aliphatic rings. The molecule has 0 rings (SSSR count). The van der Waals surface area contributed by atoms with Gasteiger partial charge >= 0.3 is 0 Å². The van der Waals surface area contributed by atoms with Crippen LogP contribution < -0.4 is 11.9 Å². The van der Waals surface area contributed by atoms with E-state index >= 15 is 0 Å². The number of hydrogen-bond donors (Lipinski definition) is 3. The molecule has 0 bridgehead atoms. The number of alkyl halides is 1. The Labute approximate surface area is 73.5 Å². The summed E-state index contributed by atoms with van der Waals surface area (Å²) >= 11 is 5.84. The third-order valence-electron chi connectivity index (χ3n) is 1.63. The second kappa shape index (κ2) is 4.26. The van der Waals surface area contributed by atoms with Crippen molar-refractivity contribution in [2.75, 3.05) is 0 Å². The quantitative estimate of drug-likeness (QED) is 0.458. The lowest BCUT2D eigenvalue weighted by Gasteiger charge is -2.34. The average Bonchev–Trinajstić information content (AvgIpc) is 1.61. The number of hydrogen-bond acceptors (Lipinski definition) is 3. The molecule has 1 atom stereocenters. The van der Waals surface area contributed by atoms with Gasteiger partial charge in [-0.1, -0.05) is 24.9 Å². The highest BCUT2D eigenvalue weighted by Gasteiger charge is 2.37. The first-order chi connectivity index (χ1) is 4.31. The molecule has 4 heteroatoms. The molecule has 0 saturated heterocycles. The fourth-order valence-corrected chi connectivity index (χ4v) is 0.859. The molecule has 0 aliphatic heterocycles. The number of nitrogens with two attached hydrogens (primary N) is 1. The Bertz CT molecular complexity index is 109. The van der Waals surface area contributed by atoms with Crippen molar-refractivity contribution < 1.29 is 5.11 Å². The van der Waals surface area contributed by atoms with E-state index in [9.17, 15) is 5.11 Å². The van der Waals surface area contributed by atoms with Gasteiger partial charge < -0.3 is 17.0 Å². The van der Waals surface area contributed by atoms with Crippen molar-refractivity contribution in [3.63, 3.8) is 0 Å². The van der Waals surface area contributed by atoms with Crippen molar-refractivity contribution in [1.29, 1.82) is 0 Å². The first kappa shape index (κ1) is 13.7. The summed E-state index contributed by atoms with van der Waals surface area (Å²) in [4.78, 5) is -0.984. The summed E-state index contributed by atoms with van der Waals surface area (Å²) in [6.07, 6.45) is 1.50. The summed E-state index contributed by atoms with van der Waals surface area (Å²) in [5, 5.41) is 9.42. The molecule has 0 radical (unpaired) electrons. The highest BCUT2D eigenvalue weighted by molar-refractivity contribution is 6.24. The van der Waals surface area contributed by atoms with E-state index in [0.29, 0.717) is 6.42 Å². The molecule has 0 aliphatic carbocycles. The summed E-state index contributed by atoms with van der Waals surface area (Å²) in [5.74, 6) is 0. The molecular formula is C7H19ClN2O. The lowest BCUT2D eigenvalue weighted by molar-refractivity contribution is 0.0309. The largest absolute Gasteiger partial charge is 0.387 e. The van der Waals surface area contributed by atoms with E-state index in [1.54, 1.807) is 13.8 Å². The molecular weight excluding hydrogens is 164 g/mol. The van der Waals surface area contributed by atoms with Crippen LogP contribution in [0.25, 0.3) is 0 Å². The monoisotopic (exact) mass is 182 g/mol. The van der Waals surface area contributed by atoms with Crippen LogP contribution in [0.2, 0.25) is 0 Å². The summed E-state index contributed by atoms with van der Waals surface area (Å²) in [6.45, 7) is 5.22. The maximum absolute atomic E-state index is 9.42. The van der Waals surface area contributed by atoms with Crippen LogP contribution in [0.1, 0.15) is 33.6 Å². The Kier molecular flexibility index (Phi) is 5.32. The van der Waals surface area contributed by atoms with Gasteiger partial charge in [-0.25, -0.2) is 0 Å². The van der Waals surface area contributed by atoms with Gasteiger partial charge in [0.15, 0.2) is 0 Å². The molecule has 11 heavy (non-hydrogen) atoms. The minimum Gasteiger partial charge on any atom is -0.387 e. The van der Waals surface area contributed by atoms with Crippen molar-refractivity contribution in [1.82, 2.24) is 6.15 Å². The Morgan fingerprint density at radius 3 is 1.91 bits per heavy atom. The van der Waals surface area contributed by atoms with Gasteiger partial charge in [-0.2, -0.15) is 0 Å². The van der Waals surface area contributed by atoms with Crippen LogP contribution >= 0.6 is 11.6 Å². The normalized spacial score (nSPS) is 16.9. The Balaban J connectivity index is 0. The van der Waals surface area contributed by atoms with Gasteiger partial charge in [0.1, 0.15) is 5.00 Å². The molecule has 0 aromatic heterocycles. The molecule has 70 valence electrons. The molecule has 0 aromatic rings. The Hall–Kier alpha value is 0.170. The molecule has 0 amide bonds. The minimum absolute atomic E-state index is 0. The first-order valence-electron chi connectivity index (χ1n) is 3.51. The third kappa shape index (κ3) is 3.91. The predicted octanol–water partition coefficient (Wildman–Crippen LogP) is 1.61. The number of rotatable bonds is 3. The highest BCUT2D eigenvalue weighted by Crippen LogP contribution is 2.27. The van der Waals surface area contributed by atoms with Gasteiger partial charge in [0.2, 0.25) is 0 Å². The zero-order valence-corrected chi connectivity index (χ0v) is 8.28. The van der Waals surface area contributed by atoms with E-state index in [4.69, 9.17) is 17.3 Å². The van der Waals surface area contributed by atoms with Crippen molar-refractivity contribution in [2.45, 2.75) is 44.2 Å². The maximum atomic E-state index is 9.42. The van der Waals surface area contributed by atoms with E-state index in [1.165, 1.54) is 0 Å². The maximum Gasteiger partial charge on any atom is 0.119 e. The van der Waals surface area contributed by atoms with Gasteiger partial charge in [0.05, 0.1) is 5.60 Å². The van der Waals surface area contributed by atoms with Crippen LogP contribution in [0.4, 0.5) is 0 Å². The van der Waals surface area contributed by atoms with Crippen LogP contribution in [0.3, 0.4) is 0 Å². The van der Waals surface area contributed by atoms with Gasteiger partial charge in [-0.05, 0) is 20.3 Å². The van der Waals surface area contributed by atoms with E-state index in [-0.39, 0.29) is 6.15 Å². The van der Waals surface area contributed by atoms with Crippen LogP contribution in [0, 0.1) is 0 Å². The average molecular weight is 183 g/mol. The predicted molar refractivity (Wildman–Crippen MR) is 49.0 cm³/mol. The molecule has 0 spiro atoms. The van der Waals surface area contributed by atoms with Crippen LogP contribution in [0.5, 0.6) is 0 Å². The summed E-state index contributed by atoms with van der Waals surface area (Å²) < 4.78 is 0. The van der Waals surface area contributed by atoms with Crippen molar-refractivity contribution in [3.05, 3.63) is 0 Å². The van der Waals surface area contributed by atoms with E-state index < -0.39 is 10.6 Å². The fraction of sp³-hybridized carbons (Fsp3) is 1.00. The Morgan fingerprint density at radius 2 is 1.82 bits per heavy atom. The third-order valence-corrected chi connectivity index (χ3v) is 2.28. The standard InChI is InChI=1S/C7H16ClNO.H3N/c1-4-5-7(8,9)6(2,3)10;/h10H,4-5,9H2,1-3H3;1H3. The second-order valence-corrected chi connectivity index (χ2v) is 3.85. The molecule has 6 N–H and O–H groups in total. The highest BCUT2D eigenvalue weighted by atomic mass is 35.5. The molecule has 0 saturated carbocycles. The lowest BCUT2D eigenvalue weighted by atomic mass is 9.95. The van der Waals surface area contributed by atoms with Crippen LogP contribution in [-0.4, -0.2) is 15.7 Å². The number of aliphatic hydroxyl groups is 1. The van der Waals surface area contributed by atoms with Crippen molar-refractivity contribution in [2.24, 2.45) is 5.73 Å². The number of halogens is 1. The summed E-state index contributed by atoms with van der Waals surface area (Å²) in [7, 11) is 0. The lowest BCUT2D eigenvalue weighted by Crippen LogP contribution is -2.52. The van der Waals surface area contributed by atoms with Gasteiger partial charge in [0.25, 0.3) is 0 Å². The zero-order valence-electron chi connectivity index (χ0n) is 7.52. The molecule has 0 aromatic carbocycles. The minimum atomic E-state index is -1.01. The van der Waals surface area contributed by atoms with Crippen molar-refractivity contribution in [3.8, 4) is 0 Å². The van der Waals surface area contributed by atoms with Crippen molar-refractivity contribution >= 4 is 11.6 Å². The van der Waals surface area contributed by atoms with Gasteiger partial charge in [-0.3, -0.25) is 0 Å². The zero-order chi connectivity index (χ0) is 8.41. The van der Waals surface area contributed by atoms with E-state index in [2.05, 4.69) is 0 Å². The molecule has 3 nitrogen and oxygen atoms in total. The topological polar surface area (TPSA) is 81.2 Å². The second-order valence-electron chi connectivity index (χ2n) is 3.17. The molecule has 0 fully saturated rings. The van der Waals surface area contributed by atoms with Gasteiger partial charge in [0, 0.05) is 0 Å².